The second kappa shape index (κ2) is 6.75. The van der Waals surface area contributed by atoms with Crippen LogP contribution < -0.4 is 10.2 Å². The third kappa shape index (κ3) is 3.55. The number of hydrogen-bond acceptors (Lipinski definition) is 1. The molecule has 1 N–H and O–H groups in total. The molecule has 0 fully saturated rings. The number of rotatable bonds is 3. The monoisotopic (exact) mass is 306 g/mol. The van der Waals surface area contributed by atoms with Crippen molar-refractivity contribution < 1.29 is 9.18 Å². The van der Waals surface area contributed by atoms with Crippen molar-refractivity contribution in [3.05, 3.63) is 90.7 Å². The van der Waals surface area contributed by atoms with Gasteiger partial charge in [-0.1, -0.05) is 36.4 Å². The molecular formula is C19H15FN2O. The molecule has 23 heavy (non-hydrogen) atoms. The predicted octanol–water partition coefficient (Wildman–Crippen LogP) is 5.20. The van der Waals surface area contributed by atoms with E-state index in [2.05, 4.69) is 5.32 Å². The summed E-state index contributed by atoms with van der Waals surface area (Å²) in [6.07, 6.45) is 0. The molecule has 3 nitrogen and oxygen atoms in total. The number of halogens is 1. The lowest BCUT2D eigenvalue weighted by Gasteiger charge is -2.23. The van der Waals surface area contributed by atoms with Crippen LogP contribution in [-0.2, 0) is 0 Å². The number of nitrogens with zero attached hydrogens (tertiary/aromatic N) is 1. The molecule has 0 aliphatic heterocycles. The molecule has 0 atom stereocenters. The number of amides is 2. The molecule has 3 aromatic carbocycles. The summed E-state index contributed by atoms with van der Waals surface area (Å²) in [5, 5.41) is 2.85. The SMILES string of the molecule is O=C(Nc1ccccc1)N(c1ccccc1)c1ccc(F)cc1. The quantitative estimate of drug-likeness (QED) is 0.709. The van der Waals surface area contributed by atoms with Crippen LogP contribution >= 0.6 is 0 Å². The zero-order chi connectivity index (χ0) is 16.1. The third-order valence-corrected chi connectivity index (χ3v) is 3.33. The van der Waals surface area contributed by atoms with Crippen LogP contribution in [0.2, 0.25) is 0 Å². The Hall–Kier alpha value is -3.14. The lowest BCUT2D eigenvalue weighted by atomic mass is 10.2. The summed E-state index contributed by atoms with van der Waals surface area (Å²) >= 11 is 0. The van der Waals surface area contributed by atoms with E-state index >= 15 is 0 Å². The molecule has 0 bridgehead atoms. The van der Waals surface area contributed by atoms with Crippen molar-refractivity contribution in [2.75, 3.05) is 10.2 Å². The molecule has 0 aliphatic rings. The predicted molar refractivity (Wildman–Crippen MR) is 90.4 cm³/mol. The highest BCUT2D eigenvalue weighted by atomic mass is 19.1. The minimum Gasteiger partial charge on any atom is -0.307 e. The van der Waals surface area contributed by atoms with Gasteiger partial charge >= 0.3 is 6.03 Å². The molecule has 3 rings (SSSR count). The van der Waals surface area contributed by atoms with Crippen LogP contribution in [0.1, 0.15) is 0 Å². The van der Waals surface area contributed by atoms with Crippen LogP contribution in [0.3, 0.4) is 0 Å². The highest BCUT2D eigenvalue weighted by molar-refractivity contribution is 6.07. The van der Waals surface area contributed by atoms with Gasteiger partial charge in [-0.25, -0.2) is 9.18 Å². The highest BCUT2D eigenvalue weighted by Crippen LogP contribution is 2.26. The summed E-state index contributed by atoms with van der Waals surface area (Å²) in [4.78, 5) is 14.2. The summed E-state index contributed by atoms with van der Waals surface area (Å²) in [6, 6.07) is 23.9. The van der Waals surface area contributed by atoms with Gasteiger partial charge in [-0.3, -0.25) is 4.90 Å². The number of benzene rings is 3. The number of hydrogen-bond donors (Lipinski definition) is 1. The molecule has 0 aliphatic carbocycles. The van der Waals surface area contributed by atoms with Gasteiger partial charge in [0.25, 0.3) is 0 Å². The molecule has 2 amide bonds. The Bertz CT molecular complexity index is 773. The molecule has 114 valence electrons. The van der Waals surface area contributed by atoms with Crippen molar-refractivity contribution in [3.63, 3.8) is 0 Å². The van der Waals surface area contributed by atoms with E-state index in [-0.39, 0.29) is 11.8 Å². The first-order valence-electron chi connectivity index (χ1n) is 7.21. The Morgan fingerprint density at radius 1 is 0.739 bits per heavy atom. The molecule has 4 heteroatoms. The van der Waals surface area contributed by atoms with E-state index in [4.69, 9.17) is 0 Å². The average molecular weight is 306 g/mol. The van der Waals surface area contributed by atoms with Crippen LogP contribution in [-0.4, -0.2) is 6.03 Å². The van der Waals surface area contributed by atoms with Gasteiger partial charge in [-0.2, -0.15) is 0 Å². The van der Waals surface area contributed by atoms with Crippen molar-refractivity contribution in [2.45, 2.75) is 0 Å². The molecule has 0 heterocycles. The van der Waals surface area contributed by atoms with Gasteiger partial charge in [0.05, 0.1) is 11.4 Å². The van der Waals surface area contributed by atoms with Crippen LogP contribution in [0, 0.1) is 5.82 Å². The second-order valence-corrected chi connectivity index (χ2v) is 4.94. The Balaban J connectivity index is 1.95. The zero-order valence-electron chi connectivity index (χ0n) is 12.3. The van der Waals surface area contributed by atoms with Crippen LogP contribution in [0.15, 0.2) is 84.9 Å². The average Bonchev–Trinajstić information content (AvgIpc) is 2.59. The number of nitrogens with one attached hydrogen (secondary N) is 1. The van der Waals surface area contributed by atoms with Gasteiger partial charge in [0.1, 0.15) is 5.82 Å². The minimum atomic E-state index is -0.342. The number of urea groups is 1. The Morgan fingerprint density at radius 2 is 1.26 bits per heavy atom. The standard InChI is InChI=1S/C19H15FN2O/c20-15-11-13-18(14-12-15)22(17-9-5-2-6-10-17)19(23)21-16-7-3-1-4-8-16/h1-14H,(H,21,23). The molecule has 3 aromatic rings. The van der Waals surface area contributed by atoms with Gasteiger partial charge in [-0.15, -0.1) is 0 Å². The largest absolute Gasteiger partial charge is 0.330 e. The number of carbonyl (C=O) groups excluding carboxylic acids is 1. The molecule has 0 radical (unpaired) electrons. The lowest BCUT2D eigenvalue weighted by Crippen LogP contribution is -2.30. The molecule has 0 saturated carbocycles. The first-order chi connectivity index (χ1) is 11.2. The number of carbonyl (C=O) groups is 1. The first-order valence-corrected chi connectivity index (χ1v) is 7.21. The summed E-state index contributed by atoms with van der Waals surface area (Å²) in [5.41, 5.74) is 1.99. The van der Waals surface area contributed by atoms with Gasteiger partial charge in [-0.05, 0) is 48.5 Å². The van der Waals surface area contributed by atoms with E-state index < -0.39 is 0 Å². The smallest absolute Gasteiger partial charge is 0.307 e. The van der Waals surface area contributed by atoms with Gasteiger partial charge < -0.3 is 5.32 Å². The third-order valence-electron chi connectivity index (χ3n) is 3.33. The van der Waals surface area contributed by atoms with Crippen molar-refractivity contribution >= 4 is 23.1 Å². The van der Waals surface area contributed by atoms with Crippen molar-refractivity contribution in [2.24, 2.45) is 0 Å². The molecule has 0 unspecified atom stereocenters. The van der Waals surface area contributed by atoms with Gasteiger partial charge in [0.15, 0.2) is 0 Å². The van der Waals surface area contributed by atoms with Crippen LogP contribution in [0.5, 0.6) is 0 Å². The van der Waals surface area contributed by atoms with E-state index in [1.54, 1.807) is 12.1 Å². The molecule has 0 spiro atoms. The summed E-state index contributed by atoms with van der Waals surface area (Å²) in [6.45, 7) is 0. The maximum Gasteiger partial charge on any atom is 0.330 e. The maximum atomic E-state index is 13.2. The Morgan fingerprint density at radius 3 is 1.87 bits per heavy atom. The van der Waals surface area contributed by atoms with Crippen LogP contribution in [0.4, 0.5) is 26.2 Å². The van der Waals surface area contributed by atoms with Gasteiger partial charge in [0, 0.05) is 5.69 Å². The van der Waals surface area contributed by atoms with Crippen LogP contribution in [0.25, 0.3) is 0 Å². The first kappa shape index (κ1) is 14.8. The minimum absolute atomic E-state index is 0.311. The highest BCUT2D eigenvalue weighted by Gasteiger charge is 2.18. The Kier molecular flexibility index (Phi) is 4.34. The molecule has 0 aromatic heterocycles. The summed E-state index contributed by atoms with van der Waals surface area (Å²) in [7, 11) is 0. The van der Waals surface area contributed by atoms with E-state index in [0.29, 0.717) is 17.1 Å². The fourth-order valence-electron chi connectivity index (χ4n) is 2.25. The maximum absolute atomic E-state index is 13.2. The van der Waals surface area contributed by atoms with E-state index in [9.17, 15) is 9.18 Å². The fourth-order valence-corrected chi connectivity index (χ4v) is 2.25. The normalized spacial score (nSPS) is 10.1. The van der Waals surface area contributed by atoms with Crippen molar-refractivity contribution in [1.82, 2.24) is 0 Å². The van der Waals surface area contributed by atoms with E-state index in [0.717, 1.165) is 0 Å². The van der Waals surface area contributed by atoms with Gasteiger partial charge in [0.2, 0.25) is 0 Å². The van der Waals surface area contributed by atoms with E-state index in [1.807, 2.05) is 60.7 Å². The zero-order valence-corrected chi connectivity index (χ0v) is 12.3. The number of anilines is 3. The topological polar surface area (TPSA) is 32.3 Å². The Labute approximate surface area is 134 Å². The molecule has 0 saturated heterocycles. The summed E-state index contributed by atoms with van der Waals surface area (Å²) in [5.74, 6) is -0.342. The lowest BCUT2D eigenvalue weighted by molar-refractivity contribution is 0.259. The van der Waals surface area contributed by atoms with Crippen molar-refractivity contribution in [3.8, 4) is 0 Å². The fraction of sp³-hybridized carbons (Fsp3) is 0. The summed E-state index contributed by atoms with van der Waals surface area (Å²) < 4.78 is 13.2. The molecular weight excluding hydrogens is 291 g/mol. The second-order valence-electron chi connectivity index (χ2n) is 4.94. The van der Waals surface area contributed by atoms with E-state index in [1.165, 1.54) is 17.0 Å². The number of para-hydroxylation sites is 2. The van der Waals surface area contributed by atoms with Crippen molar-refractivity contribution in [1.29, 1.82) is 0 Å².